The smallest absolute Gasteiger partial charge is 0.131 e. The van der Waals surface area contributed by atoms with Gasteiger partial charge in [0, 0.05) is 44.4 Å². The molecule has 4 heteroatoms. The standard InChI is InChI=1S/C52H40N4/c53-52(40-17-5-2-6-18-40)54-47(39-30-28-38(29-31-39)37-15-3-1-4-16-37)32-27-36-33-41(55-48-23-11-7-19-43(48)44-20-8-12-24-49(44)55)35-42(34-36)56-50-25-13-9-21-45(50)46-22-10-14-26-51(46)56/h1-13,15-25,28-35H,14,26-27H2,(H2,53,54)/b47-32-. The quantitative estimate of drug-likeness (QED) is 0.123. The molecule has 0 saturated heterocycles. The maximum Gasteiger partial charge on any atom is 0.131 e. The van der Waals surface area contributed by atoms with E-state index in [1.165, 1.54) is 55.1 Å². The fourth-order valence-electron chi connectivity index (χ4n) is 8.41. The van der Waals surface area contributed by atoms with Crippen LogP contribution >= 0.6 is 0 Å². The van der Waals surface area contributed by atoms with Gasteiger partial charge in [-0.15, -0.1) is 0 Å². The predicted molar refractivity (Wildman–Crippen MR) is 236 cm³/mol. The SMILES string of the molecule is N/C(=N\C(=C/Cc1cc(-n2c3c(c4ccccc42)C=CCC3)cc(-n2c3ccccc3c3ccccc32)c1)c1ccc(-c2ccccc2)cc1)c1ccccc1. The van der Waals surface area contributed by atoms with Crippen molar-refractivity contribution in [3.63, 3.8) is 0 Å². The van der Waals surface area contributed by atoms with Crippen molar-refractivity contribution >= 4 is 50.3 Å². The number of allylic oxidation sites excluding steroid dienone is 2. The summed E-state index contributed by atoms with van der Waals surface area (Å²) < 4.78 is 4.92. The number of aromatic nitrogens is 2. The van der Waals surface area contributed by atoms with Crippen molar-refractivity contribution in [1.82, 2.24) is 9.13 Å². The molecule has 2 aromatic heterocycles. The first-order valence-electron chi connectivity index (χ1n) is 19.4. The number of para-hydroxylation sites is 3. The highest BCUT2D eigenvalue weighted by molar-refractivity contribution is 6.09. The maximum absolute atomic E-state index is 6.72. The van der Waals surface area contributed by atoms with Crippen LogP contribution in [0.2, 0.25) is 0 Å². The number of rotatable bonds is 8. The molecule has 0 fully saturated rings. The van der Waals surface area contributed by atoms with Crippen LogP contribution in [0.3, 0.4) is 0 Å². The minimum absolute atomic E-state index is 0.488. The lowest BCUT2D eigenvalue weighted by Gasteiger charge is -2.17. The Morgan fingerprint density at radius 2 is 1.11 bits per heavy atom. The summed E-state index contributed by atoms with van der Waals surface area (Å²) in [7, 11) is 0. The average Bonchev–Trinajstić information content (AvgIpc) is 3.79. The van der Waals surface area contributed by atoms with Gasteiger partial charge in [-0.25, -0.2) is 4.99 Å². The highest BCUT2D eigenvalue weighted by atomic mass is 15.0. The van der Waals surface area contributed by atoms with Crippen molar-refractivity contribution in [3.8, 4) is 22.5 Å². The van der Waals surface area contributed by atoms with Crippen LogP contribution < -0.4 is 5.73 Å². The second-order valence-electron chi connectivity index (χ2n) is 14.5. The van der Waals surface area contributed by atoms with Crippen LogP contribution in [-0.2, 0) is 12.8 Å². The van der Waals surface area contributed by atoms with Crippen molar-refractivity contribution in [2.24, 2.45) is 10.7 Å². The lowest BCUT2D eigenvalue weighted by atomic mass is 10.0. The molecule has 0 radical (unpaired) electrons. The topological polar surface area (TPSA) is 48.2 Å². The zero-order chi connectivity index (χ0) is 37.4. The summed E-state index contributed by atoms with van der Waals surface area (Å²) >= 11 is 0. The summed E-state index contributed by atoms with van der Waals surface area (Å²) in [6.07, 6.45) is 9.52. The molecule has 7 aromatic carbocycles. The Bertz CT molecular complexity index is 2920. The largest absolute Gasteiger partial charge is 0.383 e. The predicted octanol–water partition coefficient (Wildman–Crippen LogP) is 12.3. The fraction of sp³-hybridized carbons (Fsp3) is 0.0577. The molecule has 0 bridgehead atoms. The molecule has 56 heavy (non-hydrogen) atoms. The van der Waals surface area contributed by atoms with Crippen LogP contribution in [0.1, 0.15) is 34.4 Å². The Morgan fingerprint density at radius 3 is 1.79 bits per heavy atom. The molecule has 2 heterocycles. The van der Waals surface area contributed by atoms with Gasteiger partial charge in [-0.1, -0.05) is 158 Å². The molecule has 1 aliphatic carbocycles. The van der Waals surface area contributed by atoms with Gasteiger partial charge in [-0.3, -0.25) is 0 Å². The van der Waals surface area contributed by atoms with Crippen LogP contribution in [0.25, 0.3) is 67.0 Å². The molecule has 0 spiro atoms. The first-order chi connectivity index (χ1) is 27.7. The number of hydrogen-bond acceptors (Lipinski definition) is 1. The molecule has 268 valence electrons. The van der Waals surface area contributed by atoms with Gasteiger partial charge in [0.05, 0.1) is 22.2 Å². The fourth-order valence-corrected chi connectivity index (χ4v) is 8.41. The van der Waals surface area contributed by atoms with Crippen LogP contribution in [-0.4, -0.2) is 15.0 Å². The maximum atomic E-state index is 6.72. The van der Waals surface area contributed by atoms with Crippen molar-refractivity contribution in [3.05, 3.63) is 216 Å². The molecule has 2 N–H and O–H groups in total. The van der Waals surface area contributed by atoms with Gasteiger partial charge in [0.2, 0.25) is 0 Å². The van der Waals surface area contributed by atoms with Crippen LogP contribution in [0.5, 0.6) is 0 Å². The van der Waals surface area contributed by atoms with Gasteiger partial charge < -0.3 is 14.9 Å². The molecule has 0 amide bonds. The summed E-state index contributed by atoms with van der Waals surface area (Å²) in [4.78, 5) is 5.10. The monoisotopic (exact) mass is 720 g/mol. The molecular weight excluding hydrogens is 681 g/mol. The normalized spacial score (nSPS) is 13.1. The Kier molecular flexibility index (Phi) is 8.49. The van der Waals surface area contributed by atoms with Gasteiger partial charge in [0.25, 0.3) is 0 Å². The molecule has 10 rings (SSSR count). The zero-order valence-electron chi connectivity index (χ0n) is 31.0. The zero-order valence-corrected chi connectivity index (χ0v) is 31.0. The molecule has 0 atom stereocenters. The van der Waals surface area contributed by atoms with E-state index in [-0.39, 0.29) is 0 Å². The van der Waals surface area contributed by atoms with E-state index in [4.69, 9.17) is 10.7 Å². The van der Waals surface area contributed by atoms with E-state index in [1.54, 1.807) is 0 Å². The van der Waals surface area contributed by atoms with Crippen molar-refractivity contribution in [2.75, 3.05) is 0 Å². The van der Waals surface area contributed by atoms with E-state index in [2.05, 4.69) is 167 Å². The van der Waals surface area contributed by atoms with Crippen molar-refractivity contribution < 1.29 is 0 Å². The molecule has 9 aromatic rings. The lowest BCUT2D eigenvalue weighted by molar-refractivity contribution is 0.886. The second kappa shape index (κ2) is 14.2. The highest BCUT2D eigenvalue weighted by Gasteiger charge is 2.20. The molecule has 0 unspecified atom stereocenters. The van der Waals surface area contributed by atoms with Crippen LogP contribution in [0.15, 0.2) is 193 Å². The van der Waals surface area contributed by atoms with E-state index in [0.29, 0.717) is 12.3 Å². The first kappa shape index (κ1) is 33.4. The molecule has 4 nitrogen and oxygen atoms in total. The Hall–Kier alpha value is -7.17. The average molecular weight is 721 g/mol. The second-order valence-corrected chi connectivity index (χ2v) is 14.5. The molecule has 0 saturated carbocycles. The van der Waals surface area contributed by atoms with E-state index in [0.717, 1.165) is 46.6 Å². The van der Waals surface area contributed by atoms with Crippen molar-refractivity contribution in [1.29, 1.82) is 0 Å². The van der Waals surface area contributed by atoms with Gasteiger partial charge in [0.1, 0.15) is 5.84 Å². The summed E-state index contributed by atoms with van der Waals surface area (Å²) in [5.41, 5.74) is 21.6. The number of nitrogens with two attached hydrogens (primary N) is 1. The van der Waals surface area contributed by atoms with Crippen LogP contribution in [0, 0.1) is 0 Å². The molecular formula is C52H40N4. The summed E-state index contributed by atoms with van der Waals surface area (Å²) in [6, 6.07) is 62.5. The lowest BCUT2D eigenvalue weighted by Crippen LogP contribution is -2.13. The van der Waals surface area contributed by atoms with Crippen LogP contribution in [0.4, 0.5) is 0 Å². The van der Waals surface area contributed by atoms with Gasteiger partial charge in [0.15, 0.2) is 0 Å². The summed E-state index contributed by atoms with van der Waals surface area (Å²) in [5, 5.41) is 3.78. The molecule has 0 aliphatic heterocycles. The van der Waals surface area contributed by atoms with Gasteiger partial charge >= 0.3 is 0 Å². The van der Waals surface area contributed by atoms with Gasteiger partial charge in [-0.2, -0.15) is 0 Å². The number of aliphatic imine (C=N–C) groups is 1. The Morgan fingerprint density at radius 1 is 0.554 bits per heavy atom. The van der Waals surface area contributed by atoms with Gasteiger partial charge in [-0.05, 0) is 77.9 Å². The summed E-state index contributed by atoms with van der Waals surface area (Å²) in [5.74, 6) is 0.488. The number of amidine groups is 1. The molecule has 1 aliphatic rings. The van der Waals surface area contributed by atoms with E-state index < -0.39 is 0 Å². The number of nitrogens with zero attached hydrogens (tertiary/aromatic N) is 3. The van der Waals surface area contributed by atoms with E-state index in [9.17, 15) is 0 Å². The minimum Gasteiger partial charge on any atom is -0.383 e. The Labute approximate surface area is 326 Å². The number of fused-ring (bicyclic) bond motifs is 6. The number of benzene rings is 7. The first-order valence-corrected chi connectivity index (χ1v) is 19.4. The third-order valence-corrected chi connectivity index (χ3v) is 11.0. The third kappa shape index (κ3) is 6.02. The minimum atomic E-state index is 0.488. The number of hydrogen-bond donors (Lipinski definition) is 1. The van der Waals surface area contributed by atoms with E-state index in [1.807, 2.05) is 36.4 Å². The summed E-state index contributed by atoms with van der Waals surface area (Å²) in [6.45, 7) is 0. The third-order valence-electron chi connectivity index (χ3n) is 11.0. The highest BCUT2D eigenvalue weighted by Crippen LogP contribution is 2.37. The Balaban J connectivity index is 1.16. The van der Waals surface area contributed by atoms with E-state index >= 15 is 0 Å². The van der Waals surface area contributed by atoms with Crippen molar-refractivity contribution in [2.45, 2.75) is 19.3 Å².